The van der Waals surface area contributed by atoms with Gasteiger partial charge in [0.2, 0.25) is 0 Å². The van der Waals surface area contributed by atoms with Crippen LogP contribution in [0, 0.1) is 13.8 Å². The molecule has 1 amide bonds. The highest BCUT2D eigenvalue weighted by molar-refractivity contribution is 9.11. The SMILES string of the molecule is COC(=O)C1=C(Nc2c(Br)cc(Br)c(C)c2C)C(=O)N(CCO)C1. The molecule has 0 saturated heterocycles. The number of benzene rings is 1. The lowest BCUT2D eigenvalue weighted by molar-refractivity contribution is -0.136. The minimum absolute atomic E-state index is 0.112. The first-order valence-electron chi connectivity index (χ1n) is 7.25. The van der Waals surface area contributed by atoms with Crippen LogP contribution < -0.4 is 5.32 Å². The summed E-state index contributed by atoms with van der Waals surface area (Å²) in [5.74, 6) is -0.898. The molecular formula is C16H18Br2N2O4. The fraction of sp³-hybridized carbons (Fsp3) is 0.375. The normalized spacial score (nSPS) is 14.4. The summed E-state index contributed by atoms with van der Waals surface area (Å²) in [4.78, 5) is 26.0. The molecule has 0 saturated carbocycles. The van der Waals surface area contributed by atoms with Gasteiger partial charge in [-0.05, 0) is 47.0 Å². The molecule has 8 heteroatoms. The van der Waals surface area contributed by atoms with Gasteiger partial charge in [-0.15, -0.1) is 0 Å². The van der Waals surface area contributed by atoms with Gasteiger partial charge < -0.3 is 20.1 Å². The zero-order valence-corrected chi connectivity index (χ0v) is 16.7. The zero-order valence-electron chi connectivity index (χ0n) is 13.6. The molecule has 1 aromatic rings. The molecule has 0 unspecified atom stereocenters. The number of carbonyl (C=O) groups is 2. The molecule has 0 aliphatic carbocycles. The quantitative estimate of drug-likeness (QED) is 0.658. The van der Waals surface area contributed by atoms with Gasteiger partial charge in [0.25, 0.3) is 5.91 Å². The predicted molar refractivity (Wildman–Crippen MR) is 97.6 cm³/mol. The van der Waals surface area contributed by atoms with Crippen LogP contribution in [0.15, 0.2) is 26.3 Å². The second kappa shape index (κ2) is 7.67. The number of amides is 1. The van der Waals surface area contributed by atoms with Gasteiger partial charge in [0.1, 0.15) is 5.70 Å². The van der Waals surface area contributed by atoms with Crippen molar-refractivity contribution >= 4 is 49.4 Å². The molecule has 130 valence electrons. The molecule has 0 radical (unpaired) electrons. The lowest BCUT2D eigenvalue weighted by Gasteiger charge is -2.17. The zero-order chi connectivity index (χ0) is 18.0. The van der Waals surface area contributed by atoms with Crippen LogP contribution in [0.3, 0.4) is 0 Å². The van der Waals surface area contributed by atoms with Crippen LogP contribution in [0.1, 0.15) is 11.1 Å². The molecule has 6 nitrogen and oxygen atoms in total. The monoisotopic (exact) mass is 460 g/mol. The number of halogens is 2. The standard InChI is InChI=1S/C16H18Br2N2O4/c1-8-9(2)13(12(18)6-11(8)17)19-14-10(16(23)24-3)7-20(4-5-21)15(14)22/h6,19,21H,4-5,7H2,1-3H3. The number of β-amino-alcohol motifs (C(OH)–C–C–N with tert-alkyl or cyclic N) is 1. The van der Waals surface area contributed by atoms with Crippen molar-refractivity contribution in [1.82, 2.24) is 4.90 Å². The maximum absolute atomic E-state index is 12.6. The second-order valence-corrected chi connectivity index (χ2v) is 7.09. The second-order valence-electron chi connectivity index (χ2n) is 5.39. The Morgan fingerprint density at radius 1 is 1.33 bits per heavy atom. The van der Waals surface area contributed by atoms with E-state index in [0.29, 0.717) is 5.69 Å². The van der Waals surface area contributed by atoms with Gasteiger partial charge in [0, 0.05) is 15.5 Å². The Morgan fingerprint density at radius 2 is 2.00 bits per heavy atom. The summed E-state index contributed by atoms with van der Waals surface area (Å²) >= 11 is 6.97. The largest absolute Gasteiger partial charge is 0.466 e. The number of hydrogen-bond acceptors (Lipinski definition) is 5. The predicted octanol–water partition coefficient (Wildman–Crippen LogP) is 2.50. The molecule has 24 heavy (non-hydrogen) atoms. The third kappa shape index (κ3) is 3.50. The van der Waals surface area contributed by atoms with Gasteiger partial charge in [-0.2, -0.15) is 0 Å². The average Bonchev–Trinajstić information content (AvgIpc) is 2.85. The van der Waals surface area contributed by atoms with E-state index in [2.05, 4.69) is 37.2 Å². The summed E-state index contributed by atoms with van der Waals surface area (Å²) < 4.78 is 6.49. The summed E-state index contributed by atoms with van der Waals surface area (Å²) in [5.41, 5.74) is 3.12. The fourth-order valence-electron chi connectivity index (χ4n) is 2.46. The maximum Gasteiger partial charge on any atom is 0.337 e. The number of aliphatic hydroxyl groups excluding tert-OH is 1. The van der Waals surface area contributed by atoms with Crippen LogP contribution in [-0.4, -0.2) is 48.7 Å². The van der Waals surface area contributed by atoms with Crippen molar-refractivity contribution < 1.29 is 19.4 Å². The summed E-state index contributed by atoms with van der Waals surface area (Å²) in [6.45, 7) is 3.98. The van der Waals surface area contributed by atoms with E-state index in [1.807, 2.05) is 19.9 Å². The molecule has 1 aromatic carbocycles. The number of carbonyl (C=O) groups excluding carboxylic acids is 2. The van der Waals surface area contributed by atoms with Crippen LogP contribution in [0.25, 0.3) is 0 Å². The summed E-state index contributed by atoms with van der Waals surface area (Å²) in [7, 11) is 1.27. The molecule has 0 fully saturated rings. The molecule has 0 atom stereocenters. The molecule has 0 bridgehead atoms. The molecule has 1 aliphatic rings. The van der Waals surface area contributed by atoms with Crippen LogP contribution in [0.4, 0.5) is 5.69 Å². The number of hydrogen-bond donors (Lipinski definition) is 2. The topological polar surface area (TPSA) is 78.9 Å². The Morgan fingerprint density at radius 3 is 2.58 bits per heavy atom. The molecule has 1 aliphatic heterocycles. The lowest BCUT2D eigenvalue weighted by Crippen LogP contribution is -2.31. The van der Waals surface area contributed by atoms with E-state index < -0.39 is 5.97 Å². The summed E-state index contributed by atoms with van der Waals surface area (Å²) in [6.07, 6.45) is 0. The lowest BCUT2D eigenvalue weighted by atomic mass is 10.1. The molecule has 0 spiro atoms. The van der Waals surface area contributed by atoms with Crippen molar-refractivity contribution in [1.29, 1.82) is 0 Å². The van der Waals surface area contributed by atoms with E-state index in [1.54, 1.807) is 0 Å². The average molecular weight is 462 g/mol. The van der Waals surface area contributed by atoms with Crippen molar-refractivity contribution in [3.8, 4) is 0 Å². The summed E-state index contributed by atoms with van der Waals surface area (Å²) in [5, 5.41) is 12.2. The number of nitrogens with zero attached hydrogens (tertiary/aromatic N) is 1. The van der Waals surface area contributed by atoms with E-state index >= 15 is 0 Å². The summed E-state index contributed by atoms with van der Waals surface area (Å²) in [6, 6.07) is 1.88. The van der Waals surface area contributed by atoms with Crippen LogP contribution in [-0.2, 0) is 14.3 Å². The molecular weight excluding hydrogens is 444 g/mol. The minimum Gasteiger partial charge on any atom is -0.466 e. The molecule has 2 N–H and O–H groups in total. The van der Waals surface area contributed by atoms with Crippen LogP contribution >= 0.6 is 31.9 Å². The number of esters is 1. The molecule has 0 aromatic heterocycles. The van der Waals surface area contributed by atoms with Gasteiger partial charge in [-0.1, -0.05) is 15.9 Å². The van der Waals surface area contributed by atoms with Gasteiger partial charge in [0.05, 0.1) is 31.5 Å². The van der Waals surface area contributed by atoms with E-state index in [1.165, 1.54) is 12.0 Å². The molecule has 1 heterocycles. The first kappa shape index (κ1) is 19.0. The highest BCUT2D eigenvalue weighted by Gasteiger charge is 2.35. The van der Waals surface area contributed by atoms with Gasteiger partial charge >= 0.3 is 5.97 Å². The van der Waals surface area contributed by atoms with Crippen molar-refractivity contribution in [2.24, 2.45) is 0 Å². The van der Waals surface area contributed by atoms with E-state index in [9.17, 15) is 9.59 Å². The van der Waals surface area contributed by atoms with Gasteiger partial charge in [-0.3, -0.25) is 4.79 Å². The van der Waals surface area contributed by atoms with Crippen LogP contribution in [0.2, 0.25) is 0 Å². The highest BCUT2D eigenvalue weighted by atomic mass is 79.9. The third-order valence-electron chi connectivity index (χ3n) is 3.99. The Balaban J connectivity index is 2.47. The van der Waals surface area contributed by atoms with E-state index in [0.717, 1.165) is 20.1 Å². The smallest absolute Gasteiger partial charge is 0.337 e. The Bertz CT molecular complexity index is 731. The van der Waals surface area contributed by atoms with Crippen molar-refractivity contribution in [3.05, 3.63) is 37.4 Å². The first-order chi connectivity index (χ1) is 11.3. The van der Waals surface area contributed by atoms with Crippen LogP contribution in [0.5, 0.6) is 0 Å². The Kier molecular flexibility index (Phi) is 6.06. The van der Waals surface area contributed by atoms with E-state index in [4.69, 9.17) is 9.84 Å². The number of anilines is 1. The number of aliphatic hydroxyl groups is 1. The van der Waals surface area contributed by atoms with Gasteiger partial charge in [-0.25, -0.2) is 4.79 Å². The molecule has 2 rings (SSSR count). The van der Waals surface area contributed by atoms with Gasteiger partial charge in [0.15, 0.2) is 0 Å². The minimum atomic E-state index is -0.561. The highest BCUT2D eigenvalue weighted by Crippen LogP contribution is 2.35. The number of ether oxygens (including phenoxy) is 1. The van der Waals surface area contributed by atoms with E-state index in [-0.39, 0.29) is 36.9 Å². The first-order valence-corrected chi connectivity index (χ1v) is 8.84. The van der Waals surface area contributed by atoms with Crippen molar-refractivity contribution in [3.63, 3.8) is 0 Å². The maximum atomic E-state index is 12.6. The number of nitrogens with one attached hydrogen (secondary N) is 1. The number of methoxy groups -OCH3 is 1. The number of rotatable bonds is 5. The Labute approximate surface area is 157 Å². The van der Waals surface area contributed by atoms with Crippen molar-refractivity contribution in [2.75, 3.05) is 32.1 Å². The Hall–Kier alpha value is -1.38. The third-order valence-corrected chi connectivity index (χ3v) is 5.44. The fourth-order valence-corrected chi connectivity index (χ4v) is 3.92. The van der Waals surface area contributed by atoms with Crippen molar-refractivity contribution in [2.45, 2.75) is 13.8 Å².